The van der Waals surface area contributed by atoms with Crippen molar-refractivity contribution in [3.05, 3.63) is 39.8 Å². The van der Waals surface area contributed by atoms with Crippen molar-refractivity contribution in [1.29, 1.82) is 0 Å². The van der Waals surface area contributed by atoms with Gasteiger partial charge in [-0.3, -0.25) is 14.4 Å². The van der Waals surface area contributed by atoms with Gasteiger partial charge < -0.3 is 4.90 Å². The molecule has 2 aromatic rings. The first kappa shape index (κ1) is 14.9. The maximum Gasteiger partial charge on any atom is 0.222 e. The van der Waals surface area contributed by atoms with Crippen molar-refractivity contribution in [2.45, 2.75) is 38.9 Å². The Kier molecular flexibility index (Phi) is 3.95. The molecule has 2 aliphatic rings. The second-order valence-electron chi connectivity index (χ2n) is 6.56. The van der Waals surface area contributed by atoms with Gasteiger partial charge in [0.15, 0.2) is 0 Å². The van der Waals surface area contributed by atoms with Crippen LogP contribution in [0.5, 0.6) is 0 Å². The van der Waals surface area contributed by atoms with Gasteiger partial charge in [0.2, 0.25) is 5.91 Å². The molecule has 2 aliphatic heterocycles. The van der Waals surface area contributed by atoms with Gasteiger partial charge in [0.05, 0.1) is 11.7 Å². The van der Waals surface area contributed by atoms with E-state index < -0.39 is 0 Å². The molecule has 0 radical (unpaired) electrons. The SMILES string of the molecule is Cc1ccsc1CN1Cc2ccnn2[C@@H](CN2CCCC2=O)C1. The second kappa shape index (κ2) is 6.09. The van der Waals surface area contributed by atoms with E-state index in [2.05, 4.69) is 39.1 Å². The summed E-state index contributed by atoms with van der Waals surface area (Å²) in [6.45, 7) is 6.74. The minimum Gasteiger partial charge on any atom is -0.340 e. The van der Waals surface area contributed by atoms with Crippen molar-refractivity contribution in [2.75, 3.05) is 19.6 Å². The summed E-state index contributed by atoms with van der Waals surface area (Å²) in [4.78, 5) is 17.9. The van der Waals surface area contributed by atoms with Gasteiger partial charge in [0.1, 0.15) is 0 Å². The number of aromatic nitrogens is 2. The third kappa shape index (κ3) is 2.93. The van der Waals surface area contributed by atoms with E-state index in [-0.39, 0.29) is 6.04 Å². The fourth-order valence-electron chi connectivity index (χ4n) is 3.64. The van der Waals surface area contributed by atoms with Gasteiger partial charge in [0.25, 0.3) is 0 Å². The van der Waals surface area contributed by atoms with Crippen molar-refractivity contribution in [3.8, 4) is 0 Å². The molecular formula is C17H22N4OS. The molecule has 0 aromatic carbocycles. The van der Waals surface area contributed by atoms with Crippen molar-refractivity contribution in [2.24, 2.45) is 0 Å². The van der Waals surface area contributed by atoms with Crippen molar-refractivity contribution < 1.29 is 4.79 Å². The summed E-state index contributed by atoms with van der Waals surface area (Å²) in [5.41, 5.74) is 2.63. The van der Waals surface area contributed by atoms with Gasteiger partial charge in [-0.25, -0.2) is 0 Å². The Morgan fingerprint density at radius 3 is 3.04 bits per heavy atom. The lowest BCUT2D eigenvalue weighted by molar-refractivity contribution is -0.128. The summed E-state index contributed by atoms with van der Waals surface area (Å²) in [5.74, 6) is 0.296. The molecule has 1 saturated heterocycles. The van der Waals surface area contributed by atoms with Crippen LogP contribution < -0.4 is 0 Å². The van der Waals surface area contributed by atoms with Crippen LogP contribution in [0, 0.1) is 6.92 Å². The maximum atomic E-state index is 12.0. The number of amides is 1. The molecule has 4 rings (SSSR count). The summed E-state index contributed by atoms with van der Waals surface area (Å²) < 4.78 is 2.13. The predicted octanol–water partition coefficient (Wildman–Crippen LogP) is 2.43. The van der Waals surface area contributed by atoms with E-state index in [1.807, 2.05) is 22.4 Å². The molecule has 0 aliphatic carbocycles. The smallest absolute Gasteiger partial charge is 0.222 e. The van der Waals surface area contributed by atoms with Crippen molar-refractivity contribution in [1.82, 2.24) is 19.6 Å². The van der Waals surface area contributed by atoms with Crippen LogP contribution >= 0.6 is 11.3 Å². The van der Waals surface area contributed by atoms with Gasteiger partial charge in [-0.2, -0.15) is 5.10 Å². The Labute approximate surface area is 140 Å². The normalized spacial score (nSPS) is 21.9. The third-order valence-electron chi connectivity index (χ3n) is 4.89. The average molecular weight is 330 g/mol. The lowest BCUT2D eigenvalue weighted by Gasteiger charge is -2.35. The van der Waals surface area contributed by atoms with Crippen LogP contribution in [0.4, 0.5) is 0 Å². The first-order valence-corrected chi connectivity index (χ1v) is 9.14. The third-order valence-corrected chi connectivity index (χ3v) is 5.90. The lowest BCUT2D eigenvalue weighted by atomic mass is 10.1. The Bertz CT molecular complexity index is 707. The molecule has 0 unspecified atom stereocenters. The van der Waals surface area contributed by atoms with Crippen LogP contribution in [-0.4, -0.2) is 45.1 Å². The zero-order chi connectivity index (χ0) is 15.8. The highest BCUT2D eigenvalue weighted by molar-refractivity contribution is 7.10. The van der Waals surface area contributed by atoms with E-state index in [0.717, 1.165) is 39.1 Å². The molecule has 2 aromatic heterocycles. The van der Waals surface area contributed by atoms with E-state index in [4.69, 9.17) is 0 Å². The summed E-state index contributed by atoms with van der Waals surface area (Å²) in [6, 6.07) is 4.55. The van der Waals surface area contributed by atoms with E-state index in [1.165, 1.54) is 16.1 Å². The van der Waals surface area contributed by atoms with Crippen LogP contribution in [0.1, 0.15) is 35.0 Å². The van der Waals surface area contributed by atoms with Crippen LogP contribution in [0.3, 0.4) is 0 Å². The highest BCUT2D eigenvalue weighted by Gasteiger charge is 2.30. The minimum absolute atomic E-state index is 0.260. The molecular weight excluding hydrogens is 308 g/mol. The summed E-state index contributed by atoms with van der Waals surface area (Å²) >= 11 is 1.83. The lowest BCUT2D eigenvalue weighted by Crippen LogP contribution is -2.43. The number of fused-ring (bicyclic) bond motifs is 1. The van der Waals surface area contributed by atoms with E-state index in [9.17, 15) is 4.79 Å². The van der Waals surface area contributed by atoms with Crippen molar-refractivity contribution in [3.63, 3.8) is 0 Å². The molecule has 6 heteroatoms. The molecule has 122 valence electrons. The number of likely N-dealkylation sites (tertiary alicyclic amines) is 1. The average Bonchev–Trinajstić information content (AvgIpc) is 3.24. The highest BCUT2D eigenvalue weighted by atomic mass is 32.1. The number of hydrogen-bond donors (Lipinski definition) is 0. The molecule has 0 bridgehead atoms. The molecule has 23 heavy (non-hydrogen) atoms. The number of nitrogens with zero attached hydrogens (tertiary/aromatic N) is 4. The van der Waals surface area contributed by atoms with Crippen molar-refractivity contribution >= 4 is 17.2 Å². The number of hydrogen-bond acceptors (Lipinski definition) is 4. The molecule has 0 saturated carbocycles. The maximum absolute atomic E-state index is 12.0. The first-order valence-electron chi connectivity index (χ1n) is 8.26. The second-order valence-corrected chi connectivity index (χ2v) is 7.56. The monoisotopic (exact) mass is 330 g/mol. The van der Waals surface area contributed by atoms with Gasteiger partial charge in [-0.1, -0.05) is 0 Å². The molecule has 0 spiro atoms. The number of carbonyl (C=O) groups excluding carboxylic acids is 1. The highest BCUT2D eigenvalue weighted by Crippen LogP contribution is 2.26. The van der Waals surface area contributed by atoms with E-state index in [1.54, 1.807) is 0 Å². The fourth-order valence-corrected chi connectivity index (χ4v) is 4.59. The fraction of sp³-hybridized carbons (Fsp3) is 0.529. The summed E-state index contributed by atoms with van der Waals surface area (Å²) in [5, 5.41) is 6.67. The van der Waals surface area contributed by atoms with Crippen LogP contribution in [0.15, 0.2) is 23.7 Å². The van der Waals surface area contributed by atoms with Gasteiger partial charge in [-0.05, 0) is 36.4 Å². The summed E-state index contributed by atoms with van der Waals surface area (Å²) in [7, 11) is 0. The predicted molar refractivity (Wildman–Crippen MR) is 90.2 cm³/mol. The Morgan fingerprint density at radius 1 is 1.39 bits per heavy atom. The number of aryl methyl sites for hydroxylation is 1. The van der Waals surface area contributed by atoms with Gasteiger partial charge in [-0.15, -0.1) is 11.3 Å². The van der Waals surface area contributed by atoms with Crippen LogP contribution in [0.25, 0.3) is 0 Å². The largest absolute Gasteiger partial charge is 0.340 e. The number of rotatable bonds is 4. The number of thiophene rings is 1. The van der Waals surface area contributed by atoms with Gasteiger partial charge >= 0.3 is 0 Å². The molecule has 5 nitrogen and oxygen atoms in total. The molecule has 1 amide bonds. The first-order chi connectivity index (χ1) is 11.2. The topological polar surface area (TPSA) is 41.4 Å². The Morgan fingerprint density at radius 2 is 2.30 bits per heavy atom. The standard InChI is InChI=1S/C17H22N4OS/c1-13-5-8-23-16(13)12-19-9-14-4-6-18-21(14)15(10-19)11-20-7-2-3-17(20)22/h4-6,8,15H,2-3,7,9-12H2,1H3/t15-/m1/s1. The van der Waals surface area contributed by atoms with E-state index >= 15 is 0 Å². The zero-order valence-electron chi connectivity index (χ0n) is 13.4. The summed E-state index contributed by atoms with van der Waals surface area (Å²) in [6.07, 6.45) is 3.58. The van der Waals surface area contributed by atoms with Crippen LogP contribution in [0.2, 0.25) is 0 Å². The van der Waals surface area contributed by atoms with Gasteiger partial charge in [0, 0.05) is 50.2 Å². The molecule has 1 atom stereocenters. The Balaban J connectivity index is 1.52. The Hall–Kier alpha value is -1.66. The van der Waals surface area contributed by atoms with Crippen LogP contribution in [-0.2, 0) is 17.9 Å². The minimum atomic E-state index is 0.260. The number of carbonyl (C=O) groups is 1. The molecule has 4 heterocycles. The van der Waals surface area contributed by atoms with E-state index in [0.29, 0.717) is 12.3 Å². The quantitative estimate of drug-likeness (QED) is 0.864. The molecule has 0 N–H and O–H groups in total. The molecule has 1 fully saturated rings. The zero-order valence-corrected chi connectivity index (χ0v) is 14.3.